The molecule has 1 atom stereocenters. The summed E-state index contributed by atoms with van der Waals surface area (Å²) < 4.78 is 5.90. The first-order chi connectivity index (χ1) is 9.19. The Morgan fingerprint density at radius 3 is 2.60 bits per heavy atom. The van der Waals surface area contributed by atoms with Crippen LogP contribution in [0, 0.1) is 0 Å². The zero-order chi connectivity index (χ0) is 15.0. The van der Waals surface area contributed by atoms with Crippen LogP contribution in [-0.4, -0.2) is 23.7 Å². The summed E-state index contributed by atoms with van der Waals surface area (Å²) in [7, 11) is 0. The molecule has 1 fully saturated rings. The number of rotatable bonds is 3. The van der Waals surface area contributed by atoms with E-state index in [1.807, 2.05) is 0 Å². The van der Waals surface area contributed by atoms with Gasteiger partial charge in [0.05, 0.1) is 16.8 Å². The van der Waals surface area contributed by atoms with E-state index in [2.05, 4.69) is 52.2 Å². The minimum absolute atomic E-state index is 0.0231. The lowest BCUT2D eigenvalue weighted by molar-refractivity contribution is -0.0895. The van der Waals surface area contributed by atoms with Crippen LogP contribution >= 0.6 is 11.3 Å². The molecule has 1 saturated heterocycles. The zero-order valence-corrected chi connectivity index (χ0v) is 14.5. The summed E-state index contributed by atoms with van der Waals surface area (Å²) in [5.74, 6) is 0. The molecular formula is C16H28N2OS. The van der Waals surface area contributed by atoms with E-state index in [1.165, 1.54) is 10.7 Å². The number of hydrogen-bond acceptors (Lipinski definition) is 4. The van der Waals surface area contributed by atoms with Gasteiger partial charge in [-0.05, 0) is 26.8 Å². The van der Waals surface area contributed by atoms with Crippen LogP contribution in [-0.2, 0) is 15.7 Å². The second kappa shape index (κ2) is 5.39. The van der Waals surface area contributed by atoms with Gasteiger partial charge in [-0.25, -0.2) is 4.98 Å². The van der Waals surface area contributed by atoms with Gasteiger partial charge in [0, 0.05) is 23.8 Å². The van der Waals surface area contributed by atoms with Gasteiger partial charge in [-0.2, -0.15) is 0 Å². The lowest BCUT2D eigenvalue weighted by Gasteiger charge is -2.44. The number of aromatic nitrogens is 1. The molecule has 1 aliphatic heterocycles. The van der Waals surface area contributed by atoms with E-state index in [0.717, 1.165) is 26.0 Å². The number of nitrogens with one attached hydrogen (secondary N) is 1. The maximum atomic E-state index is 5.90. The van der Waals surface area contributed by atoms with Crippen LogP contribution in [0.4, 0.5) is 0 Å². The lowest BCUT2D eigenvalue weighted by atomic mass is 9.81. The largest absolute Gasteiger partial charge is 0.375 e. The van der Waals surface area contributed by atoms with Crippen molar-refractivity contribution in [1.29, 1.82) is 0 Å². The first-order valence-corrected chi connectivity index (χ1v) is 8.42. The molecule has 0 spiro atoms. The maximum Gasteiger partial charge on any atom is 0.113 e. The molecule has 0 aromatic carbocycles. The average molecular weight is 296 g/mol. The molecule has 0 amide bonds. The zero-order valence-electron chi connectivity index (χ0n) is 13.7. The third-order valence-electron chi connectivity index (χ3n) is 3.95. The van der Waals surface area contributed by atoms with E-state index in [4.69, 9.17) is 9.72 Å². The smallest absolute Gasteiger partial charge is 0.113 e. The van der Waals surface area contributed by atoms with Crippen molar-refractivity contribution < 1.29 is 4.74 Å². The van der Waals surface area contributed by atoms with E-state index >= 15 is 0 Å². The SMILES string of the molecule is CCNC1(c2nc(C(C)(C)C)cs2)CCOC(C)(C)C1. The Morgan fingerprint density at radius 1 is 1.40 bits per heavy atom. The van der Waals surface area contributed by atoms with Crippen LogP contribution < -0.4 is 5.32 Å². The van der Waals surface area contributed by atoms with Crippen molar-refractivity contribution in [1.82, 2.24) is 10.3 Å². The summed E-state index contributed by atoms with van der Waals surface area (Å²) >= 11 is 1.79. The molecule has 2 heterocycles. The lowest BCUT2D eigenvalue weighted by Crippen LogP contribution is -2.52. The summed E-state index contributed by atoms with van der Waals surface area (Å²) in [6, 6.07) is 0. The monoisotopic (exact) mass is 296 g/mol. The van der Waals surface area contributed by atoms with Gasteiger partial charge in [-0.1, -0.05) is 27.7 Å². The van der Waals surface area contributed by atoms with Crippen molar-refractivity contribution in [2.45, 2.75) is 70.9 Å². The Labute approximate surface area is 127 Å². The average Bonchev–Trinajstić information content (AvgIpc) is 2.77. The van der Waals surface area contributed by atoms with Crippen LogP contribution in [0.3, 0.4) is 0 Å². The van der Waals surface area contributed by atoms with Gasteiger partial charge < -0.3 is 10.1 Å². The summed E-state index contributed by atoms with van der Waals surface area (Å²) in [6.07, 6.45) is 1.98. The number of nitrogens with zero attached hydrogens (tertiary/aromatic N) is 1. The van der Waals surface area contributed by atoms with Crippen LogP contribution in [0.15, 0.2) is 5.38 Å². The van der Waals surface area contributed by atoms with Crippen LogP contribution in [0.25, 0.3) is 0 Å². The molecule has 0 bridgehead atoms. The molecule has 4 heteroatoms. The highest BCUT2D eigenvalue weighted by molar-refractivity contribution is 7.09. The van der Waals surface area contributed by atoms with Crippen LogP contribution in [0.5, 0.6) is 0 Å². The Hall–Kier alpha value is -0.450. The standard InChI is InChI=1S/C16H28N2OS/c1-7-17-16(8-9-19-15(5,6)11-16)13-18-12(10-20-13)14(2,3)4/h10,17H,7-9,11H2,1-6H3. The summed E-state index contributed by atoms with van der Waals surface area (Å²) in [5, 5.41) is 7.14. The van der Waals surface area contributed by atoms with Gasteiger partial charge in [0.1, 0.15) is 5.01 Å². The number of hydrogen-bond donors (Lipinski definition) is 1. The highest BCUT2D eigenvalue weighted by Gasteiger charge is 2.43. The van der Waals surface area contributed by atoms with E-state index < -0.39 is 0 Å². The third kappa shape index (κ3) is 3.23. The Bertz CT molecular complexity index is 457. The fourth-order valence-electron chi connectivity index (χ4n) is 2.95. The van der Waals surface area contributed by atoms with Crippen molar-refractivity contribution >= 4 is 11.3 Å². The highest BCUT2D eigenvalue weighted by Crippen LogP contribution is 2.41. The molecule has 1 N–H and O–H groups in total. The molecular weight excluding hydrogens is 268 g/mol. The predicted molar refractivity (Wildman–Crippen MR) is 85.4 cm³/mol. The maximum absolute atomic E-state index is 5.90. The Kier molecular flexibility index (Phi) is 4.30. The second-order valence-electron chi connectivity index (χ2n) is 7.44. The molecule has 0 aliphatic carbocycles. The molecule has 1 aromatic heterocycles. The first kappa shape index (κ1) is 15.9. The molecule has 2 rings (SSSR count). The fraction of sp³-hybridized carbons (Fsp3) is 0.812. The summed E-state index contributed by atoms with van der Waals surface area (Å²) in [6.45, 7) is 14.9. The first-order valence-electron chi connectivity index (χ1n) is 7.54. The summed E-state index contributed by atoms with van der Waals surface area (Å²) in [4.78, 5) is 4.96. The number of ether oxygens (including phenoxy) is 1. The predicted octanol–water partition coefficient (Wildman–Crippen LogP) is 3.83. The third-order valence-corrected chi connectivity index (χ3v) is 4.99. The molecule has 1 aliphatic rings. The van der Waals surface area contributed by atoms with Gasteiger partial charge >= 0.3 is 0 Å². The van der Waals surface area contributed by atoms with Gasteiger partial charge in [-0.3, -0.25) is 0 Å². The van der Waals surface area contributed by atoms with Crippen molar-refractivity contribution in [3.8, 4) is 0 Å². The van der Waals surface area contributed by atoms with Crippen molar-refractivity contribution in [2.24, 2.45) is 0 Å². The van der Waals surface area contributed by atoms with E-state index in [9.17, 15) is 0 Å². The van der Waals surface area contributed by atoms with E-state index in [1.54, 1.807) is 11.3 Å². The van der Waals surface area contributed by atoms with E-state index in [0.29, 0.717) is 0 Å². The minimum atomic E-state index is -0.0893. The molecule has 0 radical (unpaired) electrons. The quantitative estimate of drug-likeness (QED) is 0.920. The van der Waals surface area contributed by atoms with Crippen LogP contribution in [0.2, 0.25) is 0 Å². The Balaban J connectivity index is 2.35. The van der Waals surface area contributed by atoms with E-state index in [-0.39, 0.29) is 16.6 Å². The fourth-order valence-corrected chi connectivity index (χ4v) is 4.21. The van der Waals surface area contributed by atoms with Gasteiger partial charge in [0.25, 0.3) is 0 Å². The number of thiazole rings is 1. The normalized spacial score (nSPS) is 26.7. The van der Waals surface area contributed by atoms with Crippen molar-refractivity contribution in [3.05, 3.63) is 16.1 Å². The minimum Gasteiger partial charge on any atom is -0.375 e. The molecule has 20 heavy (non-hydrogen) atoms. The molecule has 0 saturated carbocycles. The van der Waals surface area contributed by atoms with Gasteiger partial charge in [0.15, 0.2) is 0 Å². The van der Waals surface area contributed by atoms with Crippen molar-refractivity contribution in [2.75, 3.05) is 13.2 Å². The Morgan fingerprint density at radius 2 is 2.10 bits per heavy atom. The topological polar surface area (TPSA) is 34.2 Å². The van der Waals surface area contributed by atoms with Gasteiger partial charge in [-0.15, -0.1) is 11.3 Å². The molecule has 114 valence electrons. The van der Waals surface area contributed by atoms with Crippen LogP contribution in [0.1, 0.15) is 65.1 Å². The molecule has 1 unspecified atom stereocenters. The highest BCUT2D eigenvalue weighted by atomic mass is 32.1. The molecule has 3 nitrogen and oxygen atoms in total. The summed E-state index contributed by atoms with van der Waals surface area (Å²) in [5.41, 5.74) is 1.20. The van der Waals surface area contributed by atoms with Crippen molar-refractivity contribution in [3.63, 3.8) is 0 Å². The molecule has 1 aromatic rings. The van der Waals surface area contributed by atoms with Gasteiger partial charge in [0.2, 0.25) is 0 Å². The second-order valence-corrected chi connectivity index (χ2v) is 8.29.